The van der Waals surface area contributed by atoms with Gasteiger partial charge in [0.25, 0.3) is 5.70 Å². The van der Waals surface area contributed by atoms with Gasteiger partial charge in [0.2, 0.25) is 9.84 Å². The Morgan fingerprint density at radius 1 is 1.22 bits per heavy atom. The molecule has 0 amide bonds. The molecule has 0 aliphatic carbocycles. The van der Waals surface area contributed by atoms with Gasteiger partial charge in [-0.05, 0) is 35.2 Å². The Labute approximate surface area is 142 Å². The highest BCUT2D eigenvalue weighted by molar-refractivity contribution is 8.03. The Kier molecular flexibility index (Phi) is 5.75. The van der Waals surface area contributed by atoms with E-state index in [0.717, 1.165) is 11.8 Å². The van der Waals surface area contributed by atoms with Crippen LogP contribution >= 0.6 is 23.1 Å². The third-order valence-corrected chi connectivity index (χ3v) is 6.08. The quantitative estimate of drug-likeness (QED) is 0.437. The second kappa shape index (κ2) is 7.58. The van der Waals surface area contributed by atoms with Crippen molar-refractivity contribution in [2.24, 2.45) is 0 Å². The van der Waals surface area contributed by atoms with Gasteiger partial charge in [0, 0.05) is 11.0 Å². The molecule has 0 radical (unpaired) electrons. The summed E-state index contributed by atoms with van der Waals surface area (Å²) in [5.74, 6) is 0. The molecule has 120 valence electrons. The van der Waals surface area contributed by atoms with Crippen molar-refractivity contribution >= 4 is 39.0 Å². The maximum atomic E-state index is 12.8. The SMILES string of the molecule is CS/C=C(\C(=C/c1cccs1)[N+](=O)[O-])S(=O)(=O)c1ccccc1. The van der Waals surface area contributed by atoms with Gasteiger partial charge < -0.3 is 0 Å². The molecule has 0 bridgehead atoms. The van der Waals surface area contributed by atoms with E-state index in [4.69, 9.17) is 0 Å². The predicted octanol–water partition coefficient (Wildman–Crippen LogP) is 4.04. The van der Waals surface area contributed by atoms with Gasteiger partial charge in [-0.15, -0.1) is 23.1 Å². The summed E-state index contributed by atoms with van der Waals surface area (Å²) in [6, 6.07) is 11.1. The molecule has 1 aromatic heterocycles. The van der Waals surface area contributed by atoms with Crippen LogP contribution in [0.1, 0.15) is 4.88 Å². The minimum Gasteiger partial charge on any atom is -0.258 e. The number of nitrogens with zero attached hydrogens (tertiary/aromatic N) is 1. The lowest BCUT2D eigenvalue weighted by Crippen LogP contribution is -2.12. The third-order valence-electron chi connectivity index (χ3n) is 2.84. The number of rotatable bonds is 6. The highest BCUT2D eigenvalue weighted by atomic mass is 32.2. The van der Waals surface area contributed by atoms with Crippen molar-refractivity contribution < 1.29 is 13.3 Å². The van der Waals surface area contributed by atoms with Crippen LogP contribution in [0.25, 0.3) is 6.08 Å². The van der Waals surface area contributed by atoms with Crippen LogP contribution in [0.4, 0.5) is 0 Å². The molecule has 0 saturated heterocycles. The lowest BCUT2D eigenvalue weighted by molar-refractivity contribution is -0.418. The standard InChI is InChI=1S/C15H13NO4S3/c1-21-11-15(23(19,20)13-7-3-2-4-8-13)14(16(17)18)10-12-6-5-9-22-12/h2-11H,1H3/b14-10+,15-11+. The molecular weight excluding hydrogens is 354 g/mol. The summed E-state index contributed by atoms with van der Waals surface area (Å²) in [7, 11) is -3.98. The highest BCUT2D eigenvalue weighted by Crippen LogP contribution is 2.29. The number of nitro groups is 1. The maximum absolute atomic E-state index is 12.8. The van der Waals surface area contributed by atoms with Crippen LogP contribution in [0.5, 0.6) is 0 Å². The molecule has 0 unspecified atom stereocenters. The molecule has 0 spiro atoms. The molecule has 8 heteroatoms. The lowest BCUT2D eigenvalue weighted by Gasteiger charge is -2.07. The zero-order valence-electron chi connectivity index (χ0n) is 12.1. The fourth-order valence-electron chi connectivity index (χ4n) is 1.82. The summed E-state index contributed by atoms with van der Waals surface area (Å²) in [5.41, 5.74) is -0.439. The Morgan fingerprint density at radius 3 is 2.43 bits per heavy atom. The van der Waals surface area contributed by atoms with Crippen molar-refractivity contribution in [2.75, 3.05) is 6.26 Å². The molecule has 0 aliphatic rings. The van der Waals surface area contributed by atoms with Gasteiger partial charge in [-0.25, -0.2) is 8.42 Å². The molecule has 5 nitrogen and oxygen atoms in total. The zero-order chi connectivity index (χ0) is 16.9. The minimum absolute atomic E-state index is 0.0271. The first-order chi connectivity index (χ1) is 11.0. The van der Waals surface area contributed by atoms with Crippen LogP contribution in [-0.4, -0.2) is 19.6 Å². The van der Waals surface area contributed by atoms with E-state index >= 15 is 0 Å². The zero-order valence-corrected chi connectivity index (χ0v) is 14.5. The van der Waals surface area contributed by atoms with E-state index in [-0.39, 0.29) is 9.80 Å². The summed E-state index contributed by atoms with van der Waals surface area (Å²) < 4.78 is 25.5. The lowest BCUT2D eigenvalue weighted by atomic mass is 10.3. The van der Waals surface area contributed by atoms with Crippen molar-refractivity contribution in [3.63, 3.8) is 0 Å². The topological polar surface area (TPSA) is 77.3 Å². The summed E-state index contributed by atoms with van der Waals surface area (Å²) >= 11 is 2.41. The molecule has 23 heavy (non-hydrogen) atoms. The van der Waals surface area contributed by atoms with Crippen LogP contribution < -0.4 is 0 Å². The molecule has 0 fully saturated rings. The molecule has 1 heterocycles. The van der Waals surface area contributed by atoms with E-state index in [1.54, 1.807) is 42.0 Å². The monoisotopic (exact) mass is 367 g/mol. The Morgan fingerprint density at radius 2 is 1.91 bits per heavy atom. The fraction of sp³-hybridized carbons (Fsp3) is 0.0667. The summed E-state index contributed by atoms with van der Waals surface area (Å²) in [6.45, 7) is 0. The van der Waals surface area contributed by atoms with Gasteiger partial charge >= 0.3 is 0 Å². The number of benzene rings is 1. The average molecular weight is 367 g/mol. The van der Waals surface area contributed by atoms with Gasteiger partial charge in [0.15, 0.2) is 4.91 Å². The van der Waals surface area contributed by atoms with Crippen LogP contribution in [-0.2, 0) is 9.84 Å². The number of hydrogen-bond acceptors (Lipinski definition) is 6. The minimum atomic E-state index is -3.98. The fourth-order valence-corrected chi connectivity index (χ4v) is 4.78. The van der Waals surface area contributed by atoms with E-state index in [2.05, 4.69) is 0 Å². The van der Waals surface area contributed by atoms with Gasteiger partial charge in [-0.2, -0.15) is 0 Å². The van der Waals surface area contributed by atoms with Crippen LogP contribution in [0.2, 0.25) is 0 Å². The molecule has 2 aromatic rings. The van der Waals surface area contributed by atoms with Crippen LogP contribution in [0.15, 0.2) is 68.8 Å². The predicted molar refractivity (Wildman–Crippen MR) is 94.5 cm³/mol. The molecule has 0 aliphatic heterocycles. The largest absolute Gasteiger partial charge is 0.290 e. The first kappa shape index (κ1) is 17.5. The number of thioether (sulfide) groups is 1. The summed E-state index contributed by atoms with van der Waals surface area (Å²) in [5, 5.41) is 14.5. The van der Waals surface area contributed by atoms with E-state index in [0.29, 0.717) is 4.88 Å². The average Bonchev–Trinajstić information content (AvgIpc) is 3.04. The Hall–Kier alpha value is -1.90. The van der Waals surface area contributed by atoms with Gasteiger partial charge in [0.05, 0.1) is 9.82 Å². The van der Waals surface area contributed by atoms with E-state index < -0.39 is 20.5 Å². The summed E-state index contributed by atoms with van der Waals surface area (Å²) in [4.78, 5) is 11.1. The second-order valence-electron chi connectivity index (χ2n) is 4.34. The van der Waals surface area contributed by atoms with E-state index in [1.165, 1.54) is 35.0 Å². The maximum Gasteiger partial charge on any atom is 0.290 e. The van der Waals surface area contributed by atoms with Gasteiger partial charge in [-0.1, -0.05) is 24.3 Å². The molecule has 0 atom stereocenters. The van der Waals surface area contributed by atoms with E-state index in [1.807, 2.05) is 0 Å². The smallest absolute Gasteiger partial charge is 0.258 e. The first-order valence-electron chi connectivity index (χ1n) is 6.40. The van der Waals surface area contributed by atoms with Crippen molar-refractivity contribution in [1.82, 2.24) is 0 Å². The number of sulfone groups is 1. The van der Waals surface area contributed by atoms with Crippen molar-refractivity contribution in [2.45, 2.75) is 4.90 Å². The van der Waals surface area contributed by atoms with Gasteiger partial charge in [-0.3, -0.25) is 10.1 Å². The number of hydrogen-bond donors (Lipinski definition) is 0. The molecule has 1 aromatic carbocycles. The van der Waals surface area contributed by atoms with E-state index in [9.17, 15) is 18.5 Å². The third kappa shape index (κ3) is 4.10. The molecule has 0 saturated carbocycles. The van der Waals surface area contributed by atoms with Crippen molar-refractivity contribution in [3.05, 3.63) is 78.8 Å². The first-order valence-corrected chi connectivity index (χ1v) is 10.0. The van der Waals surface area contributed by atoms with Crippen LogP contribution in [0.3, 0.4) is 0 Å². The molecule has 2 rings (SSSR count). The van der Waals surface area contributed by atoms with Crippen LogP contribution in [0, 0.1) is 10.1 Å². The highest BCUT2D eigenvalue weighted by Gasteiger charge is 2.31. The molecular formula is C15H13NO4S3. The second-order valence-corrected chi connectivity index (χ2v) is 7.94. The molecule has 0 N–H and O–H groups in total. The summed E-state index contributed by atoms with van der Waals surface area (Å²) in [6.07, 6.45) is 2.94. The number of thiophene rings is 1. The Bertz CT molecular complexity index is 838. The van der Waals surface area contributed by atoms with Gasteiger partial charge in [0.1, 0.15) is 0 Å². The van der Waals surface area contributed by atoms with Crippen molar-refractivity contribution in [3.8, 4) is 0 Å². The Balaban J connectivity index is 2.61. The normalized spacial score (nSPS) is 13.1. The van der Waals surface area contributed by atoms with Crippen molar-refractivity contribution in [1.29, 1.82) is 0 Å².